The number of carbonyl (C=O) groups excluding carboxylic acids is 3. The van der Waals surface area contributed by atoms with Gasteiger partial charge in [0.15, 0.2) is 6.10 Å². The fraction of sp³-hybridized carbons (Fsp3) is 0.685. The van der Waals surface area contributed by atoms with E-state index in [4.69, 9.17) is 14.2 Å². The number of carbonyl (C=O) groups is 3. The van der Waals surface area contributed by atoms with Gasteiger partial charge in [-0.25, -0.2) is 0 Å². The standard InChI is InChI=1S/C54H90O6/c1-4-7-10-13-16-19-21-22-23-24-25-26-27-28-29-30-31-32-33-36-38-41-44-47-53(56)59-50-51(49-58-52(55)46-43-40-37-34-18-15-12-9-6-3)60-54(57)48-45-42-39-35-20-17-14-11-8-5-2/h7,10,16,19,22-23,25-26,28-29,31-32,36,38,51H,4-6,8-9,11-15,17-18,20-21,24,27,30,33-35,37,39-50H2,1-3H3/b10-7-,19-16-,23-22-,26-25-,29-28-,32-31-,38-36-. The molecule has 0 aliphatic rings. The van der Waals surface area contributed by atoms with Crippen LogP contribution in [-0.4, -0.2) is 37.2 Å². The molecular weight excluding hydrogens is 745 g/mol. The Morgan fingerprint density at radius 1 is 0.350 bits per heavy atom. The Bertz CT molecular complexity index is 1190. The Hall–Kier alpha value is -3.41. The molecule has 0 fully saturated rings. The van der Waals surface area contributed by atoms with E-state index in [0.717, 1.165) is 89.9 Å². The van der Waals surface area contributed by atoms with Gasteiger partial charge in [-0.3, -0.25) is 14.4 Å². The zero-order valence-electron chi connectivity index (χ0n) is 38.9. The van der Waals surface area contributed by atoms with Crippen LogP contribution in [-0.2, 0) is 28.6 Å². The van der Waals surface area contributed by atoms with Crippen molar-refractivity contribution < 1.29 is 28.6 Å². The maximum absolute atomic E-state index is 12.7. The quantitative estimate of drug-likeness (QED) is 0.0263. The minimum atomic E-state index is -0.794. The number of ether oxygens (including phenoxy) is 3. The number of hydrogen-bond acceptors (Lipinski definition) is 6. The number of allylic oxidation sites excluding steroid dienone is 14. The molecule has 0 spiro atoms. The minimum Gasteiger partial charge on any atom is -0.462 e. The third-order valence-electron chi connectivity index (χ3n) is 10.2. The third kappa shape index (κ3) is 45.7. The van der Waals surface area contributed by atoms with Gasteiger partial charge in [-0.05, 0) is 70.6 Å². The van der Waals surface area contributed by atoms with E-state index in [1.807, 2.05) is 0 Å². The van der Waals surface area contributed by atoms with Crippen molar-refractivity contribution in [2.45, 2.75) is 226 Å². The highest BCUT2D eigenvalue weighted by atomic mass is 16.6. The molecule has 0 bridgehead atoms. The molecule has 0 aromatic carbocycles. The van der Waals surface area contributed by atoms with Gasteiger partial charge < -0.3 is 14.2 Å². The average molecular weight is 835 g/mol. The van der Waals surface area contributed by atoms with E-state index in [0.29, 0.717) is 19.3 Å². The maximum atomic E-state index is 12.7. The summed E-state index contributed by atoms with van der Waals surface area (Å²) in [7, 11) is 0. The summed E-state index contributed by atoms with van der Waals surface area (Å²) in [6, 6.07) is 0. The van der Waals surface area contributed by atoms with Gasteiger partial charge in [0.1, 0.15) is 13.2 Å². The molecule has 0 N–H and O–H groups in total. The second-order valence-electron chi connectivity index (χ2n) is 16.0. The second kappa shape index (κ2) is 48.3. The lowest BCUT2D eigenvalue weighted by molar-refractivity contribution is -0.167. The highest BCUT2D eigenvalue weighted by Gasteiger charge is 2.19. The molecule has 0 aromatic heterocycles. The predicted molar refractivity (Wildman–Crippen MR) is 256 cm³/mol. The first-order chi connectivity index (χ1) is 29.5. The number of unbranched alkanes of at least 4 members (excludes halogenated alkanes) is 18. The molecule has 0 amide bonds. The van der Waals surface area contributed by atoms with Crippen molar-refractivity contribution in [1.29, 1.82) is 0 Å². The van der Waals surface area contributed by atoms with Gasteiger partial charge in [0, 0.05) is 19.3 Å². The molecule has 342 valence electrons. The topological polar surface area (TPSA) is 78.9 Å². The molecule has 1 atom stereocenters. The number of esters is 3. The van der Waals surface area contributed by atoms with E-state index >= 15 is 0 Å². The fourth-order valence-electron chi connectivity index (χ4n) is 6.49. The van der Waals surface area contributed by atoms with Crippen molar-refractivity contribution in [3.8, 4) is 0 Å². The summed E-state index contributed by atoms with van der Waals surface area (Å²) in [5.41, 5.74) is 0. The van der Waals surface area contributed by atoms with Crippen molar-refractivity contribution in [3.63, 3.8) is 0 Å². The zero-order chi connectivity index (χ0) is 43.7. The Morgan fingerprint density at radius 3 is 1.02 bits per heavy atom. The molecule has 1 unspecified atom stereocenters. The molecular formula is C54H90O6. The summed E-state index contributed by atoms with van der Waals surface area (Å²) in [5, 5.41) is 0. The van der Waals surface area contributed by atoms with Gasteiger partial charge in [-0.1, -0.05) is 215 Å². The van der Waals surface area contributed by atoms with Gasteiger partial charge in [-0.15, -0.1) is 0 Å². The average Bonchev–Trinajstić information content (AvgIpc) is 3.24. The molecule has 0 aliphatic heterocycles. The predicted octanol–water partition coefficient (Wildman–Crippen LogP) is 16.0. The molecule has 0 aromatic rings. The van der Waals surface area contributed by atoms with Crippen LogP contribution in [0, 0.1) is 0 Å². The monoisotopic (exact) mass is 835 g/mol. The molecule has 0 rings (SSSR count). The van der Waals surface area contributed by atoms with Crippen LogP contribution in [0.1, 0.15) is 220 Å². The lowest BCUT2D eigenvalue weighted by Crippen LogP contribution is -2.30. The first-order valence-electron chi connectivity index (χ1n) is 24.6. The highest BCUT2D eigenvalue weighted by Crippen LogP contribution is 2.14. The Labute approximate surface area is 369 Å². The second-order valence-corrected chi connectivity index (χ2v) is 16.0. The van der Waals surface area contributed by atoms with E-state index in [-0.39, 0.29) is 37.5 Å². The van der Waals surface area contributed by atoms with Crippen molar-refractivity contribution in [1.82, 2.24) is 0 Å². The SMILES string of the molecule is CC/C=C\C/C=C\C/C=C\C/C=C\C/C=C\C/C=C\C/C=C\CCCC(=O)OCC(COC(=O)CCCCCCCCCCC)OC(=O)CCCCCCCCCCCC. The van der Waals surface area contributed by atoms with Gasteiger partial charge in [0.05, 0.1) is 0 Å². The fourth-order valence-corrected chi connectivity index (χ4v) is 6.49. The van der Waals surface area contributed by atoms with Gasteiger partial charge >= 0.3 is 17.9 Å². The van der Waals surface area contributed by atoms with Gasteiger partial charge in [-0.2, -0.15) is 0 Å². The van der Waals surface area contributed by atoms with E-state index in [2.05, 4.69) is 106 Å². The molecule has 0 saturated heterocycles. The van der Waals surface area contributed by atoms with E-state index in [1.54, 1.807) is 0 Å². The van der Waals surface area contributed by atoms with E-state index in [1.165, 1.54) is 83.5 Å². The van der Waals surface area contributed by atoms with Gasteiger partial charge in [0.2, 0.25) is 0 Å². The highest BCUT2D eigenvalue weighted by molar-refractivity contribution is 5.71. The van der Waals surface area contributed by atoms with E-state index in [9.17, 15) is 14.4 Å². The van der Waals surface area contributed by atoms with Crippen molar-refractivity contribution in [2.24, 2.45) is 0 Å². The van der Waals surface area contributed by atoms with Crippen LogP contribution in [0.2, 0.25) is 0 Å². The molecule has 6 heteroatoms. The summed E-state index contributed by atoms with van der Waals surface area (Å²) < 4.78 is 16.6. The first-order valence-corrected chi connectivity index (χ1v) is 24.6. The van der Waals surface area contributed by atoms with Crippen molar-refractivity contribution in [3.05, 3.63) is 85.1 Å². The molecule has 0 radical (unpaired) electrons. The molecule has 60 heavy (non-hydrogen) atoms. The van der Waals surface area contributed by atoms with Crippen molar-refractivity contribution >= 4 is 17.9 Å². The number of hydrogen-bond donors (Lipinski definition) is 0. The van der Waals surface area contributed by atoms with Crippen molar-refractivity contribution in [2.75, 3.05) is 13.2 Å². The van der Waals surface area contributed by atoms with Gasteiger partial charge in [0.25, 0.3) is 0 Å². The summed E-state index contributed by atoms with van der Waals surface area (Å²) in [4.78, 5) is 37.7. The van der Waals surface area contributed by atoms with Crippen LogP contribution >= 0.6 is 0 Å². The van der Waals surface area contributed by atoms with Crippen LogP contribution < -0.4 is 0 Å². The number of rotatable bonds is 43. The Morgan fingerprint density at radius 2 is 0.650 bits per heavy atom. The lowest BCUT2D eigenvalue weighted by Gasteiger charge is -2.18. The summed E-state index contributed by atoms with van der Waals surface area (Å²) in [5.74, 6) is -0.962. The molecule has 0 saturated carbocycles. The normalized spacial score (nSPS) is 12.8. The summed E-state index contributed by atoms with van der Waals surface area (Å²) in [6.45, 7) is 6.43. The smallest absolute Gasteiger partial charge is 0.306 e. The van der Waals surface area contributed by atoms with Crippen LogP contribution in [0.5, 0.6) is 0 Å². The lowest BCUT2D eigenvalue weighted by atomic mass is 10.1. The van der Waals surface area contributed by atoms with Crippen LogP contribution in [0.4, 0.5) is 0 Å². The largest absolute Gasteiger partial charge is 0.462 e. The Kier molecular flexibility index (Phi) is 45.5. The molecule has 0 heterocycles. The Balaban J connectivity index is 4.37. The summed E-state index contributed by atoms with van der Waals surface area (Å²) >= 11 is 0. The molecule has 0 aliphatic carbocycles. The molecule has 6 nitrogen and oxygen atoms in total. The first kappa shape index (κ1) is 56.6. The van der Waals surface area contributed by atoms with Crippen LogP contribution in [0.25, 0.3) is 0 Å². The zero-order valence-corrected chi connectivity index (χ0v) is 38.9. The van der Waals surface area contributed by atoms with E-state index < -0.39 is 6.10 Å². The van der Waals surface area contributed by atoms with Crippen LogP contribution in [0.15, 0.2) is 85.1 Å². The summed E-state index contributed by atoms with van der Waals surface area (Å²) in [6.07, 6.45) is 61.5. The minimum absolute atomic E-state index is 0.0926. The third-order valence-corrected chi connectivity index (χ3v) is 10.2. The van der Waals surface area contributed by atoms with Crippen LogP contribution in [0.3, 0.4) is 0 Å². The maximum Gasteiger partial charge on any atom is 0.306 e.